The molecule has 152 valence electrons. The van der Waals surface area contributed by atoms with Crippen molar-refractivity contribution in [2.24, 2.45) is 0 Å². The standard InChI is InChI=1S/C24H28N2O3/c27-24(25-20-8-3-6-17-5-1-2-7-19(17)20)16-26-12-4-9-21(26)18-10-11-22-23(15-18)29-14-13-28-22/h1-2,5,7,10-11,15,20-21H,3-4,6,8-9,12-14,16H2,(H,25,27). The van der Waals surface area contributed by atoms with Crippen molar-refractivity contribution in [3.8, 4) is 11.5 Å². The zero-order valence-electron chi connectivity index (χ0n) is 16.7. The monoisotopic (exact) mass is 392 g/mol. The van der Waals surface area contributed by atoms with Gasteiger partial charge >= 0.3 is 0 Å². The van der Waals surface area contributed by atoms with Crippen LogP contribution in [-0.4, -0.2) is 37.1 Å². The summed E-state index contributed by atoms with van der Waals surface area (Å²) in [6.45, 7) is 2.59. The summed E-state index contributed by atoms with van der Waals surface area (Å²) < 4.78 is 11.4. The van der Waals surface area contributed by atoms with Gasteiger partial charge in [-0.25, -0.2) is 0 Å². The molecule has 1 aliphatic carbocycles. The quantitative estimate of drug-likeness (QED) is 0.860. The Balaban J connectivity index is 1.26. The summed E-state index contributed by atoms with van der Waals surface area (Å²) in [6, 6.07) is 15.1. The molecule has 5 heteroatoms. The third-order valence-corrected chi connectivity index (χ3v) is 6.37. The van der Waals surface area contributed by atoms with Gasteiger partial charge in [-0.15, -0.1) is 0 Å². The number of rotatable bonds is 4. The van der Waals surface area contributed by atoms with Gasteiger partial charge in [0.05, 0.1) is 12.6 Å². The van der Waals surface area contributed by atoms with E-state index in [1.807, 2.05) is 6.07 Å². The number of nitrogens with zero attached hydrogens (tertiary/aromatic N) is 1. The number of nitrogens with one attached hydrogen (secondary N) is 1. The molecule has 0 spiro atoms. The maximum atomic E-state index is 12.9. The fraction of sp³-hybridized carbons (Fsp3) is 0.458. The molecule has 0 saturated carbocycles. The molecule has 5 rings (SSSR count). The zero-order chi connectivity index (χ0) is 19.6. The third kappa shape index (κ3) is 3.84. The molecule has 1 amide bonds. The Kier molecular flexibility index (Phi) is 5.15. The van der Waals surface area contributed by atoms with Crippen LogP contribution >= 0.6 is 0 Å². The van der Waals surface area contributed by atoms with Crippen LogP contribution in [0.2, 0.25) is 0 Å². The van der Waals surface area contributed by atoms with Crippen LogP contribution in [0.5, 0.6) is 11.5 Å². The highest BCUT2D eigenvalue weighted by Crippen LogP contribution is 2.38. The van der Waals surface area contributed by atoms with E-state index in [1.165, 1.54) is 16.7 Å². The minimum atomic E-state index is 0.121. The van der Waals surface area contributed by atoms with Gasteiger partial charge in [0.25, 0.3) is 0 Å². The number of carbonyl (C=O) groups is 1. The van der Waals surface area contributed by atoms with E-state index in [1.54, 1.807) is 0 Å². The highest BCUT2D eigenvalue weighted by molar-refractivity contribution is 5.78. The molecule has 3 aliphatic rings. The smallest absolute Gasteiger partial charge is 0.234 e. The van der Waals surface area contributed by atoms with Gasteiger partial charge in [0.2, 0.25) is 5.91 Å². The van der Waals surface area contributed by atoms with Crippen molar-refractivity contribution in [1.82, 2.24) is 10.2 Å². The van der Waals surface area contributed by atoms with E-state index in [2.05, 4.69) is 46.6 Å². The van der Waals surface area contributed by atoms with Gasteiger partial charge in [-0.3, -0.25) is 9.69 Å². The van der Waals surface area contributed by atoms with Gasteiger partial charge in [-0.2, -0.15) is 0 Å². The number of aryl methyl sites for hydroxylation is 1. The van der Waals surface area contributed by atoms with Gasteiger partial charge in [0.1, 0.15) is 13.2 Å². The van der Waals surface area contributed by atoms with E-state index in [0.29, 0.717) is 19.8 Å². The predicted octanol–water partition coefficient (Wildman–Crippen LogP) is 3.79. The molecule has 1 N–H and O–H groups in total. The Morgan fingerprint density at radius 3 is 2.83 bits per heavy atom. The Hall–Kier alpha value is -2.53. The lowest BCUT2D eigenvalue weighted by Crippen LogP contribution is -2.39. The second-order valence-corrected chi connectivity index (χ2v) is 8.24. The summed E-state index contributed by atoms with van der Waals surface area (Å²) in [4.78, 5) is 15.2. The number of hydrogen-bond acceptors (Lipinski definition) is 4. The Morgan fingerprint density at radius 1 is 1.03 bits per heavy atom. The van der Waals surface area contributed by atoms with Crippen LogP contribution < -0.4 is 14.8 Å². The summed E-state index contributed by atoms with van der Waals surface area (Å²) >= 11 is 0. The van der Waals surface area contributed by atoms with Crippen molar-refractivity contribution in [2.75, 3.05) is 26.3 Å². The molecule has 2 heterocycles. The zero-order valence-corrected chi connectivity index (χ0v) is 16.7. The second-order valence-electron chi connectivity index (χ2n) is 8.24. The molecule has 2 atom stereocenters. The minimum Gasteiger partial charge on any atom is -0.486 e. The topological polar surface area (TPSA) is 50.8 Å². The van der Waals surface area contributed by atoms with E-state index in [0.717, 1.165) is 50.1 Å². The minimum absolute atomic E-state index is 0.121. The fourth-order valence-corrected chi connectivity index (χ4v) is 4.99. The molecule has 0 aromatic heterocycles. The van der Waals surface area contributed by atoms with Gasteiger partial charge in [-0.05, 0) is 67.5 Å². The van der Waals surface area contributed by atoms with Crippen molar-refractivity contribution in [3.05, 3.63) is 59.2 Å². The van der Waals surface area contributed by atoms with Crippen molar-refractivity contribution in [1.29, 1.82) is 0 Å². The number of hydrogen-bond donors (Lipinski definition) is 1. The fourth-order valence-electron chi connectivity index (χ4n) is 4.99. The highest BCUT2D eigenvalue weighted by Gasteiger charge is 2.30. The van der Waals surface area contributed by atoms with Crippen molar-refractivity contribution in [2.45, 2.75) is 44.2 Å². The van der Waals surface area contributed by atoms with Crippen LogP contribution in [0.15, 0.2) is 42.5 Å². The van der Waals surface area contributed by atoms with Crippen LogP contribution in [0.3, 0.4) is 0 Å². The molecule has 5 nitrogen and oxygen atoms in total. The number of amides is 1. The van der Waals surface area contributed by atoms with Gasteiger partial charge in [-0.1, -0.05) is 30.3 Å². The molecule has 2 aromatic carbocycles. The second kappa shape index (κ2) is 8.07. The maximum Gasteiger partial charge on any atom is 0.234 e. The lowest BCUT2D eigenvalue weighted by molar-refractivity contribution is -0.123. The van der Waals surface area contributed by atoms with Crippen molar-refractivity contribution in [3.63, 3.8) is 0 Å². The molecular weight excluding hydrogens is 364 g/mol. The average Bonchev–Trinajstić information content (AvgIpc) is 3.21. The number of ether oxygens (including phenoxy) is 2. The molecular formula is C24H28N2O3. The molecule has 0 radical (unpaired) electrons. The van der Waals surface area contributed by atoms with E-state index in [9.17, 15) is 4.79 Å². The largest absolute Gasteiger partial charge is 0.486 e. The summed E-state index contributed by atoms with van der Waals surface area (Å²) in [6.07, 6.45) is 5.44. The number of benzene rings is 2. The lowest BCUT2D eigenvalue weighted by atomic mass is 9.88. The SMILES string of the molecule is O=C(CN1CCCC1c1ccc2c(c1)OCCO2)NC1CCCc2ccccc21. The average molecular weight is 392 g/mol. The molecule has 2 aromatic rings. The first-order valence-electron chi connectivity index (χ1n) is 10.8. The summed E-state index contributed by atoms with van der Waals surface area (Å²) in [5.74, 6) is 1.76. The Morgan fingerprint density at radius 2 is 1.90 bits per heavy atom. The van der Waals surface area contributed by atoms with Crippen LogP contribution in [0.1, 0.15) is 54.5 Å². The molecule has 0 bridgehead atoms. The third-order valence-electron chi connectivity index (χ3n) is 6.37. The predicted molar refractivity (Wildman–Crippen MR) is 111 cm³/mol. The number of carbonyl (C=O) groups excluding carboxylic acids is 1. The Bertz CT molecular complexity index is 897. The van der Waals surface area contributed by atoms with Crippen molar-refractivity contribution < 1.29 is 14.3 Å². The van der Waals surface area contributed by atoms with Crippen LogP contribution in [0.25, 0.3) is 0 Å². The number of likely N-dealkylation sites (tertiary alicyclic amines) is 1. The summed E-state index contributed by atoms with van der Waals surface area (Å²) in [5.41, 5.74) is 3.87. The van der Waals surface area contributed by atoms with Crippen LogP contribution in [0.4, 0.5) is 0 Å². The molecule has 1 saturated heterocycles. The van der Waals surface area contributed by atoms with Gasteiger partial charge in [0.15, 0.2) is 11.5 Å². The van der Waals surface area contributed by atoms with E-state index in [4.69, 9.17) is 9.47 Å². The number of fused-ring (bicyclic) bond motifs is 2. The molecule has 2 unspecified atom stereocenters. The van der Waals surface area contributed by atoms with Gasteiger partial charge < -0.3 is 14.8 Å². The van der Waals surface area contributed by atoms with Crippen LogP contribution in [-0.2, 0) is 11.2 Å². The van der Waals surface area contributed by atoms with E-state index >= 15 is 0 Å². The first-order chi connectivity index (χ1) is 14.3. The van der Waals surface area contributed by atoms with E-state index in [-0.39, 0.29) is 18.0 Å². The molecule has 1 fully saturated rings. The Labute approximate surface area is 172 Å². The first kappa shape index (κ1) is 18.5. The van der Waals surface area contributed by atoms with Crippen LogP contribution in [0, 0.1) is 0 Å². The molecule has 29 heavy (non-hydrogen) atoms. The van der Waals surface area contributed by atoms with E-state index < -0.39 is 0 Å². The van der Waals surface area contributed by atoms with Crippen molar-refractivity contribution >= 4 is 5.91 Å². The first-order valence-corrected chi connectivity index (χ1v) is 10.8. The maximum absolute atomic E-state index is 12.9. The lowest BCUT2D eigenvalue weighted by Gasteiger charge is -2.29. The summed E-state index contributed by atoms with van der Waals surface area (Å²) in [7, 11) is 0. The molecule has 2 aliphatic heterocycles. The van der Waals surface area contributed by atoms with Gasteiger partial charge in [0, 0.05) is 6.04 Å². The highest BCUT2D eigenvalue weighted by atomic mass is 16.6. The summed E-state index contributed by atoms with van der Waals surface area (Å²) in [5, 5.41) is 3.30. The normalized spacial score (nSPS) is 23.4.